The standard InChI is InChI=1S/C15H18N4OS/c1-4-11-5-7-12(8-6-11)15(20)18-17-9(2)13-10(3)19-21-14(13)16/h5-8H,4,16H2,1-3H3,(H,18,20)/b17-9-. The first kappa shape index (κ1) is 15.2. The van der Waals surface area contributed by atoms with Gasteiger partial charge in [-0.3, -0.25) is 4.79 Å². The van der Waals surface area contributed by atoms with Gasteiger partial charge in [-0.05, 0) is 49.5 Å². The molecule has 3 N–H and O–H groups in total. The Balaban J connectivity index is 2.10. The first-order valence-corrected chi connectivity index (χ1v) is 7.46. The molecule has 6 heteroatoms. The molecule has 1 aromatic carbocycles. The molecule has 1 amide bonds. The Morgan fingerprint density at radius 3 is 2.57 bits per heavy atom. The Labute approximate surface area is 128 Å². The fourth-order valence-corrected chi connectivity index (χ4v) is 2.69. The van der Waals surface area contributed by atoms with Crippen molar-refractivity contribution in [3.05, 3.63) is 46.6 Å². The van der Waals surface area contributed by atoms with Gasteiger partial charge in [0, 0.05) is 5.56 Å². The number of amides is 1. The minimum atomic E-state index is -0.239. The van der Waals surface area contributed by atoms with Crippen LogP contribution in [-0.2, 0) is 6.42 Å². The lowest BCUT2D eigenvalue weighted by molar-refractivity contribution is 0.0955. The van der Waals surface area contributed by atoms with Crippen molar-refractivity contribution in [3.63, 3.8) is 0 Å². The van der Waals surface area contributed by atoms with E-state index in [1.54, 1.807) is 19.1 Å². The maximum absolute atomic E-state index is 12.0. The molecule has 0 radical (unpaired) electrons. The third-order valence-electron chi connectivity index (χ3n) is 3.20. The first-order valence-electron chi connectivity index (χ1n) is 6.68. The number of nitrogens with zero attached hydrogens (tertiary/aromatic N) is 2. The van der Waals surface area contributed by atoms with E-state index < -0.39 is 0 Å². The predicted molar refractivity (Wildman–Crippen MR) is 86.8 cm³/mol. The van der Waals surface area contributed by atoms with Crippen molar-refractivity contribution in [1.82, 2.24) is 9.80 Å². The zero-order valence-electron chi connectivity index (χ0n) is 12.3. The summed E-state index contributed by atoms with van der Waals surface area (Å²) in [6.07, 6.45) is 0.947. The van der Waals surface area contributed by atoms with E-state index in [2.05, 4.69) is 21.8 Å². The lowest BCUT2D eigenvalue weighted by atomic mass is 10.1. The number of hydrogen-bond acceptors (Lipinski definition) is 5. The SMILES string of the molecule is CCc1ccc(C(=O)N/N=C(/C)c2c(C)nsc2N)cc1. The van der Waals surface area contributed by atoms with Gasteiger partial charge in [-0.2, -0.15) is 9.47 Å². The van der Waals surface area contributed by atoms with Gasteiger partial charge >= 0.3 is 0 Å². The Hall–Kier alpha value is -2.21. The quantitative estimate of drug-likeness (QED) is 0.673. The smallest absolute Gasteiger partial charge is 0.271 e. The van der Waals surface area contributed by atoms with Gasteiger partial charge in [0.1, 0.15) is 5.00 Å². The highest BCUT2D eigenvalue weighted by molar-refractivity contribution is 7.10. The molecular formula is C15H18N4OS. The number of nitrogen functional groups attached to an aromatic ring is 1. The summed E-state index contributed by atoms with van der Waals surface area (Å²) in [4.78, 5) is 12.0. The second-order valence-electron chi connectivity index (χ2n) is 4.70. The van der Waals surface area contributed by atoms with Gasteiger partial charge in [0.15, 0.2) is 0 Å². The Bertz CT molecular complexity index is 654. The molecule has 0 atom stereocenters. The van der Waals surface area contributed by atoms with E-state index >= 15 is 0 Å². The molecular weight excluding hydrogens is 284 g/mol. The van der Waals surface area contributed by atoms with Gasteiger partial charge in [-0.15, -0.1) is 0 Å². The van der Waals surface area contributed by atoms with Gasteiger partial charge in [0.05, 0.1) is 17.0 Å². The molecule has 0 saturated heterocycles. The van der Waals surface area contributed by atoms with Crippen LogP contribution in [0.4, 0.5) is 5.00 Å². The summed E-state index contributed by atoms with van der Waals surface area (Å²) in [5.74, 6) is -0.239. The minimum absolute atomic E-state index is 0.239. The van der Waals surface area contributed by atoms with Crippen LogP contribution in [0.1, 0.15) is 41.0 Å². The summed E-state index contributed by atoms with van der Waals surface area (Å²) in [5, 5.41) is 4.72. The Kier molecular flexibility index (Phi) is 4.70. The molecule has 1 aromatic heterocycles. The van der Waals surface area contributed by atoms with E-state index in [0.717, 1.165) is 17.7 Å². The van der Waals surface area contributed by atoms with Crippen LogP contribution in [0.5, 0.6) is 0 Å². The predicted octanol–water partition coefficient (Wildman–Crippen LogP) is 2.75. The van der Waals surface area contributed by atoms with Crippen molar-refractivity contribution < 1.29 is 4.79 Å². The highest BCUT2D eigenvalue weighted by Crippen LogP contribution is 2.21. The van der Waals surface area contributed by atoms with Gasteiger partial charge in [0.2, 0.25) is 0 Å². The summed E-state index contributed by atoms with van der Waals surface area (Å²) >= 11 is 1.23. The van der Waals surface area contributed by atoms with E-state index in [1.807, 2.05) is 19.1 Å². The number of aromatic nitrogens is 1. The number of carbonyl (C=O) groups is 1. The lowest BCUT2D eigenvalue weighted by Crippen LogP contribution is -2.19. The third kappa shape index (κ3) is 3.46. The summed E-state index contributed by atoms with van der Waals surface area (Å²) in [7, 11) is 0. The van der Waals surface area contributed by atoms with Gasteiger partial charge in [0.25, 0.3) is 5.91 Å². The second kappa shape index (κ2) is 6.49. The zero-order valence-corrected chi connectivity index (χ0v) is 13.1. The largest absolute Gasteiger partial charge is 0.389 e. The molecule has 2 rings (SSSR count). The van der Waals surface area contributed by atoms with Crippen molar-refractivity contribution in [2.45, 2.75) is 27.2 Å². The summed E-state index contributed by atoms with van der Waals surface area (Å²) in [6, 6.07) is 7.47. The maximum Gasteiger partial charge on any atom is 0.271 e. The van der Waals surface area contributed by atoms with Crippen molar-refractivity contribution in [2.75, 3.05) is 5.73 Å². The fraction of sp³-hybridized carbons (Fsp3) is 0.267. The topological polar surface area (TPSA) is 80.4 Å². The number of carbonyl (C=O) groups excluding carboxylic acids is 1. The van der Waals surface area contributed by atoms with E-state index in [0.29, 0.717) is 16.3 Å². The number of aryl methyl sites for hydroxylation is 2. The molecule has 0 saturated carbocycles. The maximum atomic E-state index is 12.0. The van der Waals surface area contributed by atoms with Crippen LogP contribution >= 0.6 is 11.5 Å². The zero-order chi connectivity index (χ0) is 15.4. The van der Waals surface area contributed by atoms with Crippen LogP contribution in [0.3, 0.4) is 0 Å². The molecule has 110 valence electrons. The molecule has 0 spiro atoms. The lowest BCUT2D eigenvalue weighted by Gasteiger charge is -2.04. The van der Waals surface area contributed by atoms with Crippen molar-refractivity contribution in [2.24, 2.45) is 5.10 Å². The number of hydrogen-bond donors (Lipinski definition) is 2. The highest BCUT2D eigenvalue weighted by atomic mass is 32.1. The molecule has 5 nitrogen and oxygen atoms in total. The van der Waals surface area contributed by atoms with Crippen LogP contribution < -0.4 is 11.2 Å². The molecule has 0 bridgehead atoms. The number of hydrazone groups is 1. The average Bonchev–Trinajstić information content (AvgIpc) is 2.83. The van der Waals surface area contributed by atoms with Crippen LogP contribution in [0.15, 0.2) is 29.4 Å². The van der Waals surface area contributed by atoms with Crippen LogP contribution in [0.25, 0.3) is 0 Å². The van der Waals surface area contributed by atoms with Gasteiger partial charge in [-0.25, -0.2) is 5.43 Å². The second-order valence-corrected chi connectivity index (χ2v) is 5.50. The van der Waals surface area contributed by atoms with E-state index in [9.17, 15) is 4.79 Å². The van der Waals surface area contributed by atoms with Crippen LogP contribution in [-0.4, -0.2) is 16.0 Å². The van der Waals surface area contributed by atoms with E-state index in [4.69, 9.17) is 5.73 Å². The Morgan fingerprint density at radius 1 is 1.38 bits per heavy atom. The molecule has 2 aromatic rings. The number of rotatable bonds is 4. The van der Waals surface area contributed by atoms with Gasteiger partial charge < -0.3 is 5.73 Å². The van der Waals surface area contributed by atoms with E-state index in [1.165, 1.54) is 17.1 Å². The minimum Gasteiger partial charge on any atom is -0.389 e. The molecule has 0 aliphatic heterocycles. The number of anilines is 1. The van der Waals surface area contributed by atoms with Crippen molar-refractivity contribution >= 4 is 28.2 Å². The molecule has 1 heterocycles. The summed E-state index contributed by atoms with van der Waals surface area (Å²) in [5.41, 5.74) is 12.4. The Morgan fingerprint density at radius 2 is 2.05 bits per heavy atom. The van der Waals surface area contributed by atoms with Gasteiger partial charge in [-0.1, -0.05) is 19.1 Å². The molecule has 0 unspecified atom stereocenters. The molecule has 0 fully saturated rings. The van der Waals surface area contributed by atoms with Crippen LogP contribution in [0.2, 0.25) is 0 Å². The number of nitrogens with one attached hydrogen (secondary N) is 1. The normalized spacial score (nSPS) is 11.5. The number of benzene rings is 1. The fourth-order valence-electron chi connectivity index (χ4n) is 1.97. The number of nitrogens with two attached hydrogens (primary N) is 1. The van der Waals surface area contributed by atoms with E-state index in [-0.39, 0.29) is 5.91 Å². The third-order valence-corrected chi connectivity index (χ3v) is 3.97. The molecule has 0 aliphatic rings. The van der Waals surface area contributed by atoms with Crippen LogP contribution in [0, 0.1) is 6.92 Å². The molecule has 21 heavy (non-hydrogen) atoms. The summed E-state index contributed by atoms with van der Waals surface area (Å²) < 4.78 is 4.16. The monoisotopic (exact) mass is 302 g/mol. The summed E-state index contributed by atoms with van der Waals surface area (Å²) in [6.45, 7) is 5.74. The van der Waals surface area contributed by atoms with Crippen molar-refractivity contribution in [1.29, 1.82) is 0 Å². The average molecular weight is 302 g/mol. The molecule has 0 aliphatic carbocycles. The first-order chi connectivity index (χ1) is 10.0. The van der Waals surface area contributed by atoms with Crippen molar-refractivity contribution in [3.8, 4) is 0 Å². The highest BCUT2D eigenvalue weighted by Gasteiger charge is 2.11.